The summed E-state index contributed by atoms with van der Waals surface area (Å²) in [4.78, 5) is 0. The highest BCUT2D eigenvalue weighted by Gasteiger charge is 2.54. The van der Waals surface area contributed by atoms with E-state index in [-0.39, 0.29) is 22.2 Å². The van der Waals surface area contributed by atoms with Crippen molar-refractivity contribution in [2.24, 2.45) is 0 Å². The summed E-state index contributed by atoms with van der Waals surface area (Å²) in [7, 11) is 0.902. The summed E-state index contributed by atoms with van der Waals surface area (Å²) in [6, 6.07) is 14.0. The summed E-state index contributed by atoms with van der Waals surface area (Å²) in [5.41, 5.74) is 4.70. The van der Waals surface area contributed by atoms with Gasteiger partial charge in [-0.2, -0.15) is 0 Å². The molecule has 0 bridgehead atoms. The van der Waals surface area contributed by atoms with Gasteiger partial charge in [-0.25, -0.2) is 0 Å². The van der Waals surface area contributed by atoms with Gasteiger partial charge in [0, 0.05) is 19.1 Å². The molecule has 2 aromatic rings. The molecule has 2 heterocycles. The van der Waals surface area contributed by atoms with E-state index in [1.165, 1.54) is 35.1 Å². The minimum absolute atomic E-state index is 0.170. The van der Waals surface area contributed by atoms with Crippen LogP contribution in [0.2, 0.25) is 0 Å². The van der Waals surface area contributed by atoms with Gasteiger partial charge in [0.2, 0.25) is 0 Å². The molecule has 2 fully saturated rings. The first-order valence-corrected chi connectivity index (χ1v) is 23.3. The van der Waals surface area contributed by atoms with E-state index < -0.39 is 36.6 Å². The van der Waals surface area contributed by atoms with E-state index in [2.05, 4.69) is 140 Å². The van der Waals surface area contributed by atoms with Crippen molar-refractivity contribution in [2.75, 3.05) is 20.3 Å². The van der Waals surface area contributed by atoms with Gasteiger partial charge in [0.05, 0.1) is 45.8 Å². The zero-order valence-corrected chi connectivity index (χ0v) is 40.4. The van der Waals surface area contributed by atoms with Crippen molar-refractivity contribution in [2.45, 2.75) is 226 Å². The maximum absolute atomic E-state index is 6.80. The molecule has 0 saturated carbocycles. The lowest BCUT2D eigenvalue weighted by Crippen LogP contribution is -2.41. The van der Waals surface area contributed by atoms with Gasteiger partial charge >= 0.3 is 14.2 Å². The summed E-state index contributed by atoms with van der Waals surface area (Å²) < 4.78 is 46.2. The van der Waals surface area contributed by atoms with Crippen molar-refractivity contribution in [1.82, 2.24) is 0 Å². The Morgan fingerprint density at radius 3 is 1.32 bits per heavy atom. The molecule has 0 spiro atoms. The number of fused-ring (bicyclic) bond motifs is 3. The smallest absolute Gasteiger partial charge is 0.399 e. The number of methoxy groups -OCH3 is 1. The second kappa shape index (κ2) is 18.2. The normalized spacial score (nSPS) is 22.8. The molecule has 2 aromatic carbocycles. The topological polar surface area (TPSA) is 64.6 Å². The molecule has 2 aliphatic heterocycles. The molecule has 0 amide bonds. The molecule has 0 radical (unpaired) electrons. The fourth-order valence-corrected chi connectivity index (χ4v) is 8.98. The fourth-order valence-electron chi connectivity index (χ4n) is 8.98. The van der Waals surface area contributed by atoms with E-state index in [1.807, 2.05) is 0 Å². The van der Waals surface area contributed by atoms with Crippen molar-refractivity contribution in [3.8, 4) is 11.1 Å². The minimum atomic E-state index is -0.447. The Morgan fingerprint density at radius 1 is 0.542 bits per heavy atom. The molecule has 3 unspecified atom stereocenters. The van der Waals surface area contributed by atoms with Gasteiger partial charge in [-0.3, -0.25) is 0 Å². The van der Waals surface area contributed by atoms with Crippen LogP contribution in [0.4, 0.5) is 0 Å². The number of hydrogen-bond acceptors (Lipinski definition) is 7. The molecule has 330 valence electrons. The molecule has 5 rings (SSSR count). The summed E-state index contributed by atoms with van der Waals surface area (Å²) in [6.07, 6.45) is 12.3. The van der Waals surface area contributed by atoms with Crippen LogP contribution in [0, 0.1) is 0 Å². The van der Waals surface area contributed by atoms with E-state index in [0.29, 0.717) is 6.61 Å². The van der Waals surface area contributed by atoms with Gasteiger partial charge in [0.1, 0.15) is 0 Å². The zero-order valence-electron chi connectivity index (χ0n) is 40.4. The summed E-state index contributed by atoms with van der Waals surface area (Å²) >= 11 is 0. The largest absolute Gasteiger partial charge is 0.494 e. The molecule has 0 aromatic heterocycles. The van der Waals surface area contributed by atoms with Gasteiger partial charge in [-0.15, -0.1) is 0 Å². The molecule has 7 nitrogen and oxygen atoms in total. The predicted molar refractivity (Wildman–Crippen MR) is 246 cm³/mol. The Bertz CT molecular complexity index is 1600. The quantitative estimate of drug-likeness (QED) is 0.0866. The molecular formula is C50H82B2O7. The molecule has 59 heavy (non-hydrogen) atoms. The highest BCUT2D eigenvalue weighted by Crippen LogP contribution is 2.55. The average Bonchev–Trinajstić information content (AvgIpc) is 3.69. The van der Waals surface area contributed by atoms with Crippen LogP contribution in [0.15, 0.2) is 36.4 Å². The first kappa shape index (κ1) is 48.3. The number of hydrogen-bond donors (Lipinski definition) is 0. The summed E-state index contributed by atoms with van der Waals surface area (Å²) in [5, 5.41) is 0. The standard InChI is InChI=1S/C50H82B2O7/c1-17-21-22-33-54-47(13,18-2)29-23-31-50(32-24-30-48(14,19-3)55-36-49(15,20-4)53-16)41-34-37(51-56-43(5,6)44(7,8)57-51)25-27-39(41)40-28-26-38(35-42(40)50)52-58-45(9,10)46(11,12)59-52/h25-28,34-35H,17-24,29-33,36H2,1-16H3. The van der Waals surface area contributed by atoms with Crippen LogP contribution in [0.1, 0.15) is 192 Å². The zero-order chi connectivity index (χ0) is 43.7. The van der Waals surface area contributed by atoms with Gasteiger partial charge < -0.3 is 32.8 Å². The molecule has 2 saturated heterocycles. The highest BCUT2D eigenvalue weighted by molar-refractivity contribution is 6.62. The predicted octanol–water partition coefficient (Wildman–Crippen LogP) is 11.3. The Balaban J connectivity index is 1.59. The van der Waals surface area contributed by atoms with E-state index in [9.17, 15) is 0 Å². The lowest BCUT2D eigenvalue weighted by molar-refractivity contribution is -0.126. The van der Waals surface area contributed by atoms with Crippen LogP contribution < -0.4 is 10.9 Å². The number of unbranched alkanes of at least 4 members (excludes halogenated alkanes) is 2. The van der Waals surface area contributed by atoms with Crippen LogP contribution in [0.3, 0.4) is 0 Å². The van der Waals surface area contributed by atoms with Crippen LogP contribution in [0.25, 0.3) is 11.1 Å². The third-order valence-corrected chi connectivity index (χ3v) is 15.7. The van der Waals surface area contributed by atoms with Gasteiger partial charge in [0.25, 0.3) is 0 Å². The number of rotatable bonds is 22. The van der Waals surface area contributed by atoms with Crippen LogP contribution in [0.5, 0.6) is 0 Å². The van der Waals surface area contributed by atoms with Crippen molar-refractivity contribution in [3.05, 3.63) is 47.5 Å². The van der Waals surface area contributed by atoms with Crippen LogP contribution in [-0.4, -0.2) is 73.8 Å². The van der Waals surface area contributed by atoms with Crippen molar-refractivity contribution in [3.63, 3.8) is 0 Å². The molecule has 0 N–H and O–H groups in total. The van der Waals surface area contributed by atoms with Gasteiger partial charge in [-0.1, -0.05) is 76.9 Å². The first-order chi connectivity index (χ1) is 27.5. The van der Waals surface area contributed by atoms with Gasteiger partial charge in [-0.05, 0) is 174 Å². The lowest BCUT2D eigenvalue weighted by atomic mass is 9.66. The lowest BCUT2D eigenvalue weighted by Gasteiger charge is -2.38. The van der Waals surface area contributed by atoms with Gasteiger partial charge in [0.15, 0.2) is 0 Å². The molecule has 1 aliphatic carbocycles. The van der Waals surface area contributed by atoms with E-state index >= 15 is 0 Å². The maximum Gasteiger partial charge on any atom is 0.494 e. The Hall–Kier alpha value is -1.71. The third kappa shape index (κ3) is 10.1. The fraction of sp³-hybridized carbons (Fsp3) is 0.760. The van der Waals surface area contributed by atoms with E-state index in [1.54, 1.807) is 7.11 Å². The van der Waals surface area contributed by atoms with Crippen molar-refractivity contribution in [1.29, 1.82) is 0 Å². The van der Waals surface area contributed by atoms with E-state index in [4.69, 9.17) is 32.8 Å². The van der Waals surface area contributed by atoms with Crippen molar-refractivity contribution >= 4 is 25.2 Å². The molecular weight excluding hydrogens is 734 g/mol. The van der Waals surface area contributed by atoms with Crippen molar-refractivity contribution < 1.29 is 32.8 Å². The highest BCUT2D eigenvalue weighted by atomic mass is 16.7. The van der Waals surface area contributed by atoms with Crippen LogP contribution in [-0.2, 0) is 38.2 Å². The number of benzene rings is 2. The second-order valence-corrected chi connectivity index (χ2v) is 21.0. The number of ether oxygens (including phenoxy) is 3. The van der Waals surface area contributed by atoms with Crippen LogP contribution >= 0.6 is 0 Å². The maximum atomic E-state index is 6.80. The Labute approximate surface area is 361 Å². The summed E-state index contributed by atoms with van der Waals surface area (Å²) in [6.45, 7) is 34.2. The SMILES string of the molecule is CCCCCOC(C)(CC)CCCC1(CCCC(C)(CC)OCC(C)(CC)OC)c2cc(B3OC(C)(C)C(C)(C)O3)ccc2-c2ccc(B3OC(C)(C)C(C)(C)O3)cc21. The first-order valence-electron chi connectivity index (χ1n) is 23.3. The molecule has 9 heteroatoms. The Morgan fingerprint density at radius 2 is 0.949 bits per heavy atom. The molecule has 3 atom stereocenters. The average molecular weight is 817 g/mol. The monoisotopic (exact) mass is 817 g/mol. The minimum Gasteiger partial charge on any atom is -0.399 e. The summed E-state index contributed by atoms with van der Waals surface area (Å²) in [5.74, 6) is 0. The third-order valence-electron chi connectivity index (χ3n) is 15.7. The van der Waals surface area contributed by atoms with E-state index in [0.717, 1.165) is 81.7 Å². The second-order valence-electron chi connectivity index (χ2n) is 21.0. The Kier molecular flexibility index (Phi) is 14.9. The molecule has 3 aliphatic rings.